The molecule has 0 amide bonds. The van der Waals surface area contributed by atoms with Gasteiger partial charge in [0.05, 0.1) is 5.56 Å². The standard InChI is InChI=1S/C25H21F5N2O4/c26-24(27,28)15-35-21-6-8-22(9-7-21)36-25(29,30)18-4-1-16(2-5-18)3-10-23(33)34-14-17-11-19(31)13-20(32)12-17/h1-13H,14-15,31-32H2/b10-3+. The summed E-state index contributed by atoms with van der Waals surface area (Å²) in [5.41, 5.74) is 12.8. The molecule has 0 aliphatic carbocycles. The van der Waals surface area contributed by atoms with Crippen LogP contribution in [0.25, 0.3) is 6.08 Å². The van der Waals surface area contributed by atoms with Crippen LogP contribution in [-0.4, -0.2) is 18.8 Å². The summed E-state index contributed by atoms with van der Waals surface area (Å²) in [5, 5.41) is 0. The molecule has 0 saturated heterocycles. The van der Waals surface area contributed by atoms with Gasteiger partial charge in [-0.25, -0.2) is 4.79 Å². The summed E-state index contributed by atoms with van der Waals surface area (Å²) in [7, 11) is 0. The summed E-state index contributed by atoms with van der Waals surface area (Å²) in [4.78, 5) is 11.9. The average molecular weight is 508 g/mol. The van der Waals surface area contributed by atoms with Crippen molar-refractivity contribution in [3.63, 3.8) is 0 Å². The molecule has 0 heterocycles. The Bertz CT molecular complexity index is 1190. The number of benzene rings is 3. The summed E-state index contributed by atoms with van der Waals surface area (Å²) in [6.45, 7) is -1.55. The van der Waals surface area contributed by atoms with E-state index in [0.717, 1.165) is 42.5 Å². The van der Waals surface area contributed by atoms with Crippen LogP contribution in [0.5, 0.6) is 11.5 Å². The van der Waals surface area contributed by atoms with Crippen LogP contribution in [0.3, 0.4) is 0 Å². The summed E-state index contributed by atoms with van der Waals surface area (Å²) in [6, 6.07) is 14.0. The maximum atomic E-state index is 14.5. The van der Waals surface area contributed by atoms with Gasteiger partial charge in [0.2, 0.25) is 0 Å². The van der Waals surface area contributed by atoms with Gasteiger partial charge in [-0.2, -0.15) is 22.0 Å². The van der Waals surface area contributed by atoms with Crippen LogP contribution in [-0.2, 0) is 22.2 Å². The van der Waals surface area contributed by atoms with E-state index in [0.29, 0.717) is 22.5 Å². The molecule has 0 atom stereocenters. The first kappa shape index (κ1) is 26.3. The summed E-state index contributed by atoms with van der Waals surface area (Å²) < 4.78 is 79.9. The third kappa shape index (κ3) is 8.19. The lowest BCUT2D eigenvalue weighted by atomic mass is 10.1. The second kappa shape index (κ2) is 11.0. The van der Waals surface area contributed by atoms with Crippen molar-refractivity contribution in [1.29, 1.82) is 0 Å². The lowest BCUT2D eigenvalue weighted by molar-refractivity contribution is -0.185. The molecule has 36 heavy (non-hydrogen) atoms. The maximum Gasteiger partial charge on any atom is 0.426 e. The zero-order valence-electron chi connectivity index (χ0n) is 18.6. The quantitative estimate of drug-likeness (QED) is 0.167. The number of nitrogens with two attached hydrogens (primary N) is 2. The number of alkyl halides is 5. The minimum atomic E-state index is -4.52. The predicted molar refractivity (Wildman–Crippen MR) is 123 cm³/mol. The fourth-order valence-corrected chi connectivity index (χ4v) is 2.96. The third-order valence-electron chi connectivity index (χ3n) is 4.55. The van der Waals surface area contributed by atoms with E-state index in [1.807, 2.05) is 0 Å². The maximum absolute atomic E-state index is 14.5. The number of ether oxygens (including phenoxy) is 3. The predicted octanol–water partition coefficient (Wildman–Crippen LogP) is 5.68. The fraction of sp³-hybridized carbons (Fsp3) is 0.160. The molecule has 4 N–H and O–H groups in total. The molecule has 190 valence electrons. The van der Waals surface area contributed by atoms with E-state index in [9.17, 15) is 26.7 Å². The lowest BCUT2D eigenvalue weighted by Gasteiger charge is -2.18. The van der Waals surface area contributed by atoms with E-state index in [-0.39, 0.29) is 18.1 Å². The fourth-order valence-electron chi connectivity index (χ4n) is 2.96. The van der Waals surface area contributed by atoms with Gasteiger partial charge in [-0.15, -0.1) is 0 Å². The van der Waals surface area contributed by atoms with Crippen LogP contribution in [0.1, 0.15) is 16.7 Å². The molecule has 0 spiro atoms. The molecule has 0 saturated carbocycles. The normalized spacial score (nSPS) is 11.9. The Labute approximate surface area is 202 Å². The highest BCUT2D eigenvalue weighted by atomic mass is 19.4. The van der Waals surface area contributed by atoms with Crippen molar-refractivity contribution in [2.75, 3.05) is 18.1 Å². The van der Waals surface area contributed by atoms with Crippen molar-refractivity contribution in [2.24, 2.45) is 0 Å². The van der Waals surface area contributed by atoms with Crippen LogP contribution >= 0.6 is 0 Å². The molecular formula is C25H21F5N2O4. The average Bonchev–Trinajstić information content (AvgIpc) is 2.80. The van der Waals surface area contributed by atoms with Crippen molar-refractivity contribution < 1.29 is 41.0 Å². The number of esters is 1. The highest BCUT2D eigenvalue weighted by molar-refractivity contribution is 5.87. The molecule has 0 radical (unpaired) electrons. The van der Waals surface area contributed by atoms with Crippen LogP contribution in [0.4, 0.5) is 33.3 Å². The first-order valence-corrected chi connectivity index (χ1v) is 10.4. The van der Waals surface area contributed by atoms with Gasteiger partial charge in [0.25, 0.3) is 0 Å². The molecule has 0 aliphatic heterocycles. The Morgan fingerprint density at radius 2 is 1.42 bits per heavy atom. The van der Waals surface area contributed by atoms with Crippen molar-refractivity contribution in [3.8, 4) is 11.5 Å². The summed E-state index contributed by atoms with van der Waals surface area (Å²) in [6.07, 6.45) is -5.72. The van der Waals surface area contributed by atoms with E-state index >= 15 is 0 Å². The SMILES string of the molecule is Nc1cc(N)cc(COC(=O)/C=C/c2ccc(C(F)(F)Oc3ccc(OCC(F)(F)F)cc3)cc2)c1. The first-order valence-electron chi connectivity index (χ1n) is 10.4. The molecule has 0 fully saturated rings. The second-order valence-corrected chi connectivity index (χ2v) is 7.57. The molecule has 0 bridgehead atoms. The molecule has 11 heteroatoms. The topological polar surface area (TPSA) is 96.8 Å². The van der Waals surface area contributed by atoms with E-state index in [1.165, 1.54) is 18.2 Å². The highest BCUT2D eigenvalue weighted by Gasteiger charge is 2.34. The Morgan fingerprint density at radius 1 is 0.833 bits per heavy atom. The van der Waals surface area contributed by atoms with Gasteiger partial charge in [-0.3, -0.25) is 0 Å². The van der Waals surface area contributed by atoms with Crippen LogP contribution in [0.15, 0.2) is 72.8 Å². The Kier molecular flexibility index (Phi) is 8.03. The highest BCUT2D eigenvalue weighted by Crippen LogP contribution is 2.32. The molecule has 0 unspecified atom stereocenters. The van der Waals surface area contributed by atoms with Gasteiger partial charge in [-0.1, -0.05) is 12.1 Å². The number of hydrogen-bond donors (Lipinski definition) is 2. The number of nitrogen functional groups attached to an aromatic ring is 2. The molecule has 0 aliphatic rings. The monoisotopic (exact) mass is 508 g/mol. The molecule has 3 aromatic carbocycles. The molecule has 3 rings (SSSR count). The van der Waals surface area contributed by atoms with Gasteiger partial charge in [0, 0.05) is 17.5 Å². The van der Waals surface area contributed by atoms with Crippen molar-refractivity contribution in [3.05, 3.63) is 89.5 Å². The smallest absolute Gasteiger partial charge is 0.426 e. The Hall–Kier alpha value is -4.28. The van der Waals surface area contributed by atoms with Crippen molar-refractivity contribution in [2.45, 2.75) is 18.9 Å². The minimum absolute atomic E-state index is 0.0453. The number of hydrogen-bond acceptors (Lipinski definition) is 6. The van der Waals surface area contributed by atoms with E-state index in [2.05, 4.69) is 4.74 Å². The van der Waals surface area contributed by atoms with Gasteiger partial charge in [0.1, 0.15) is 18.1 Å². The Morgan fingerprint density at radius 3 is 2.00 bits per heavy atom. The van der Waals surface area contributed by atoms with Crippen LogP contribution in [0, 0.1) is 0 Å². The second-order valence-electron chi connectivity index (χ2n) is 7.57. The number of carbonyl (C=O) groups is 1. The van der Waals surface area contributed by atoms with Crippen molar-refractivity contribution in [1.82, 2.24) is 0 Å². The number of anilines is 2. The minimum Gasteiger partial charge on any atom is -0.484 e. The van der Waals surface area contributed by atoms with Crippen LogP contribution < -0.4 is 20.9 Å². The summed E-state index contributed by atoms with van der Waals surface area (Å²) in [5.74, 6) is -1.07. The van der Waals surface area contributed by atoms with Gasteiger partial charge in [-0.05, 0) is 71.8 Å². The largest absolute Gasteiger partial charge is 0.484 e. The third-order valence-corrected chi connectivity index (χ3v) is 4.55. The van der Waals surface area contributed by atoms with Gasteiger partial charge < -0.3 is 25.7 Å². The molecule has 0 aromatic heterocycles. The van der Waals surface area contributed by atoms with Gasteiger partial charge >= 0.3 is 18.3 Å². The first-order chi connectivity index (χ1) is 16.9. The zero-order chi connectivity index (χ0) is 26.3. The Balaban J connectivity index is 1.54. The van der Waals surface area contributed by atoms with Crippen molar-refractivity contribution >= 4 is 23.4 Å². The molecule has 6 nitrogen and oxygen atoms in total. The van der Waals surface area contributed by atoms with E-state index < -0.39 is 30.4 Å². The van der Waals surface area contributed by atoms with Crippen LogP contribution in [0.2, 0.25) is 0 Å². The van der Waals surface area contributed by atoms with E-state index in [1.54, 1.807) is 18.2 Å². The summed E-state index contributed by atoms with van der Waals surface area (Å²) >= 11 is 0. The number of carbonyl (C=O) groups excluding carboxylic acids is 1. The van der Waals surface area contributed by atoms with E-state index in [4.69, 9.17) is 20.9 Å². The zero-order valence-corrected chi connectivity index (χ0v) is 18.6. The lowest BCUT2D eigenvalue weighted by Crippen LogP contribution is -2.22. The van der Waals surface area contributed by atoms with Gasteiger partial charge in [0.15, 0.2) is 6.61 Å². The molecular weight excluding hydrogens is 487 g/mol. The number of rotatable bonds is 9. The number of halogens is 5. The molecule has 3 aromatic rings.